The number of rotatable bonds is 4. The van der Waals surface area contributed by atoms with Crippen LogP contribution in [0, 0.1) is 0 Å². The normalized spacial score (nSPS) is 14.3. The summed E-state index contributed by atoms with van der Waals surface area (Å²) in [6.07, 6.45) is 4.09. The van der Waals surface area contributed by atoms with Crippen LogP contribution in [-0.2, 0) is 19.4 Å². The zero-order valence-electron chi connectivity index (χ0n) is 11.8. The number of nitrogens with zero attached hydrogens (tertiary/aromatic N) is 3. The van der Waals surface area contributed by atoms with Crippen LogP contribution in [0.1, 0.15) is 37.0 Å². The third-order valence-corrected chi connectivity index (χ3v) is 3.62. The maximum Gasteiger partial charge on any atom is 0.226 e. The van der Waals surface area contributed by atoms with Crippen molar-refractivity contribution >= 4 is 11.4 Å². The molecule has 0 bridgehead atoms. The van der Waals surface area contributed by atoms with Crippen LogP contribution < -0.4 is 10.6 Å². The van der Waals surface area contributed by atoms with E-state index in [-0.39, 0.29) is 0 Å². The van der Waals surface area contributed by atoms with E-state index < -0.39 is 0 Å². The Kier molecular flexibility index (Phi) is 3.58. The fourth-order valence-electron chi connectivity index (χ4n) is 2.70. The Bertz CT molecular complexity index is 593. The SMILES string of the molecule is CCCc1nc(CN2CCCc3cc(N)ccc32)no1. The second-order valence-corrected chi connectivity index (χ2v) is 5.27. The third-order valence-electron chi connectivity index (χ3n) is 3.62. The molecule has 0 fully saturated rings. The van der Waals surface area contributed by atoms with Crippen LogP contribution in [0.3, 0.4) is 0 Å². The monoisotopic (exact) mass is 272 g/mol. The first-order valence-corrected chi connectivity index (χ1v) is 7.21. The molecule has 0 amide bonds. The number of anilines is 2. The minimum Gasteiger partial charge on any atom is -0.399 e. The van der Waals surface area contributed by atoms with E-state index in [0.29, 0.717) is 6.54 Å². The van der Waals surface area contributed by atoms with Gasteiger partial charge in [0.1, 0.15) is 0 Å². The van der Waals surface area contributed by atoms with Crippen LogP contribution in [0.15, 0.2) is 22.7 Å². The number of aromatic nitrogens is 2. The molecule has 0 atom stereocenters. The van der Waals surface area contributed by atoms with Gasteiger partial charge in [0.05, 0.1) is 6.54 Å². The second kappa shape index (κ2) is 5.53. The third kappa shape index (κ3) is 2.61. The Hall–Kier alpha value is -2.04. The lowest BCUT2D eigenvalue weighted by Gasteiger charge is -2.30. The van der Waals surface area contributed by atoms with Crippen LogP contribution in [0.5, 0.6) is 0 Å². The van der Waals surface area contributed by atoms with Crippen molar-refractivity contribution in [2.45, 2.75) is 39.2 Å². The lowest BCUT2D eigenvalue weighted by molar-refractivity contribution is 0.371. The first kappa shape index (κ1) is 13.0. The summed E-state index contributed by atoms with van der Waals surface area (Å²) in [5.74, 6) is 1.50. The predicted molar refractivity (Wildman–Crippen MR) is 78.5 cm³/mol. The van der Waals surface area contributed by atoms with E-state index >= 15 is 0 Å². The Labute approximate surface area is 118 Å². The summed E-state index contributed by atoms with van der Waals surface area (Å²) in [6.45, 7) is 3.83. The van der Waals surface area contributed by atoms with Gasteiger partial charge in [0.2, 0.25) is 5.89 Å². The summed E-state index contributed by atoms with van der Waals surface area (Å²) >= 11 is 0. The average molecular weight is 272 g/mol. The average Bonchev–Trinajstić information content (AvgIpc) is 2.86. The van der Waals surface area contributed by atoms with Gasteiger partial charge in [-0.15, -0.1) is 0 Å². The molecule has 5 nitrogen and oxygen atoms in total. The fourth-order valence-corrected chi connectivity index (χ4v) is 2.70. The quantitative estimate of drug-likeness (QED) is 0.866. The highest BCUT2D eigenvalue weighted by atomic mass is 16.5. The molecule has 20 heavy (non-hydrogen) atoms. The molecule has 3 rings (SSSR count). The molecule has 1 aromatic carbocycles. The Morgan fingerprint density at radius 1 is 1.40 bits per heavy atom. The van der Waals surface area contributed by atoms with E-state index in [1.807, 2.05) is 6.07 Å². The molecule has 0 aliphatic carbocycles. The first-order valence-electron chi connectivity index (χ1n) is 7.21. The fraction of sp³-hybridized carbons (Fsp3) is 0.467. The predicted octanol–water partition coefficient (Wildman–Crippen LogP) is 2.56. The van der Waals surface area contributed by atoms with Crippen molar-refractivity contribution in [2.24, 2.45) is 0 Å². The Morgan fingerprint density at radius 2 is 2.30 bits per heavy atom. The van der Waals surface area contributed by atoms with Crippen molar-refractivity contribution in [3.8, 4) is 0 Å². The molecule has 1 aliphatic heterocycles. The Morgan fingerprint density at radius 3 is 3.15 bits per heavy atom. The Balaban J connectivity index is 1.78. The number of nitrogens with two attached hydrogens (primary N) is 1. The summed E-state index contributed by atoms with van der Waals surface area (Å²) < 4.78 is 5.25. The molecule has 2 aromatic rings. The van der Waals surface area contributed by atoms with Crippen molar-refractivity contribution in [1.29, 1.82) is 0 Å². The maximum atomic E-state index is 5.86. The van der Waals surface area contributed by atoms with Gasteiger partial charge >= 0.3 is 0 Å². The van der Waals surface area contributed by atoms with Gasteiger partial charge in [-0.05, 0) is 43.0 Å². The number of nitrogen functional groups attached to an aromatic ring is 1. The van der Waals surface area contributed by atoms with Gasteiger partial charge in [0.25, 0.3) is 0 Å². The van der Waals surface area contributed by atoms with Crippen molar-refractivity contribution in [1.82, 2.24) is 10.1 Å². The van der Waals surface area contributed by atoms with Gasteiger partial charge in [-0.2, -0.15) is 4.98 Å². The highest BCUT2D eigenvalue weighted by molar-refractivity contribution is 5.61. The zero-order chi connectivity index (χ0) is 13.9. The van der Waals surface area contributed by atoms with Gasteiger partial charge in [-0.3, -0.25) is 0 Å². The lowest BCUT2D eigenvalue weighted by atomic mass is 10.0. The van der Waals surface area contributed by atoms with Crippen LogP contribution in [-0.4, -0.2) is 16.7 Å². The number of aryl methyl sites for hydroxylation is 2. The van der Waals surface area contributed by atoms with Crippen molar-refractivity contribution in [2.75, 3.05) is 17.2 Å². The van der Waals surface area contributed by atoms with Crippen LogP contribution in [0.4, 0.5) is 11.4 Å². The van der Waals surface area contributed by atoms with Crippen LogP contribution in [0.2, 0.25) is 0 Å². The van der Waals surface area contributed by atoms with Crippen LogP contribution in [0.25, 0.3) is 0 Å². The highest BCUT2D eigenvalue weighted by Gasteiger charge is 2.19. The number of hydrogen-bond donors (Lipinski definition) is 1. The van der Waals surface area contributed by atoms with Gasteiger partial charge < -0.3 is 15.2 Å². The van der Waals surface area contributed by atoms with E-state index in [2.05, 4.69) is 34.1 Å². The molecule has 106 valence electrons. The molecule has 0 saturated heterocycles. The van der Waals surface area contributed by atoms with E-state index in [1.54, 1.807) is 0 Å². The molecule has 0 unspecified atom stereocenters. The van der Waals surface area contributed by atoms with Crippen molar-refractivity contribution < 1.29 is 4.52 Å². The van der Waals surface area contributed by atoms with E-state index in [4.69, 9.17) is 10.3 Å². The minimum absolute atomic E-state index is 0.699. The van der Waals surface area contributed by atoms with E-state index in [0.717, 1.165) is 49.6 Å². The summed E-state index contributed by atoms with van der Waals surface area (Å²) in [6, 6.07) is 6.12. The molecule has 0 spiro atoms. The number of fused-ring (bicyclic) bond motifs is 1. The summed E-state index contributed by atoms with van der Waals surface area (Å²) in [5.41, 5.74) is 9.24. The van der Waals surface area contributed by atoms with Gasteiger partial charge in [-0.1, -0.05) is 12.1 Å². The molecule has 5 heteroatoms. The van der Waals surface area contributed by atoms with Gasteiger partial charge in [-0.25, -0.2) is 0 Å². The summed E-state index contributed by atoms with van der Waals surface area (Å²) in [7, 11) is 0. The topological polar surface area (TPSA) is 68.2 Å². The number of benzene rings is 1. The molecular formula is C15H20N4O. The van der Waals surface area contributed by atoms with E-state index in [1.165, 1.54) is 11.3 Å². The zero-order valence-corrected chi connectivity index (χ0v) is 11.8. The minimum atomic E-state index is 0.699. The van der Waals surface area contributed by atoms with Crippen LogP contribution >= 0.6 is 0 Å². The van der Waals surface area contributed by atoms with Crippen molar-refractivity contribution in [3.63, 3.8) is 0 Å². The highest BCUT2D eigenvalue weighted by Crippen LogP contribution is 2.29. The second-order valence-electron chi connectivity index (χ2n) is 5.27. The smallest absolute Gasteiger partial charge is 0.226 e. The molecule has 2 heterocycles. The molecule has 1 aliphatic rings. The summed E-state index contributed by atoms with van der Waals surface area (Å²) in [5, 5.41) is 4.07. The molecular weight excluding hydrogens is 252 g/mol. The van der Waals surface area contributed by atoms with E-state index in [9.17, 15) is 0 Å². The van der Waals surface area contributed by atoms with Crippen molar-refractivity contribution in [3.05, 3.63) is 35.5 Å². The molecule has 0 saturated carbocycles. The summed E-state index contributed by atoms with van der Waals surface area (Å²) in [4.78, 5) is 6.74. The molecule has 0 radical (unpaired) electrons. The van der Waals surface area contributed by atoms with Gasteiger partial charge in [0.15, 0.2) is 5.82 Å². The van der Waals surface area contributed by atoms with Gasteiger partial charge in [0, 0.05) is 24.3 Å². The molecule has 2 N–H and O–H groups in total. The first-order chi connectivity index (χ1) is 9.76. The maximum absolute atomic E-state index is 5.86. The lowest BCUT2D eigenvalue weighted by Crippen LogP contribution is -2.29. The molecule has 1 aromatic heterocycles. The largest absolute Gasteiger partial charge is 0.399 e. The standard InChI is InChI=1S/C15H20N4O/c1-2-4-15-17-14(18-20-15)10-19-8-3-5-11-9-12(16)6-7-13(11)19/h6-7,9H,2-5,8,10,16H2,1H3. The number of hydrogen-bond acceptors (Lipinski definition) is 5.